The molecule has 2 aromatic heterocycles. The molecule has 3 amide bonds. The highest BCUT2D eigenvalue weighted by atomic mass is 16.6. The van der Waals surface area contributed by atoms with E-state index in [2.05, 4.69) is 54.8 Å². The number of nitrogens with one attached hydrogen (secondary N) is 4. The van der Waals surface area contributed by atoms with Gasteiger partial charge in [0.1, 0.15) is 17.7 Å². The fourth-order valence-electron chi connectivity index (χ4n) is 7.48. The number of aromatic nitrogens is 4. The number of hydrogen-bond acceptors (Lipinski definition) is 10. The number of likely N-dealkylation sites (tertiary alicyclic amines) is 2. The zero-order valence-corrected chi connectivity index (χ0v) is 32.0. The number of alkyl carbamates (subject to hydrolysis) is 1. The van der Waals surface area contributed by atoms with Crippen molar-refractivity contribution in [3.05, 3.63) is 72.6 Å². The highest BCUT2D eigenvalue weighted by molar-refractivity contribution is 5.86. The van der Waals surface area contributed by atoms with Gasteiger partial charge in [0.25, 0.3) is 0 Å². The van der Waals surface area contributed by atoms with Gasteiger partial charge in [-0.05, 0) is 53.9 Å². The van der Waals surface area contributed by atoms with Crippen LogP contribution in [0.3, 0.4) is 0 Å². The predicted molar refractivity (Wildman–Crippen MR) is 205 cm³/mol. The topological polar surface area (TPSA) is 198 Å². The molecule has 6 N–H and O–H groups in total. The molecule has 2 saturated heterocycles. The summed E-state index contributed by atoms with van der Waals surface area (Å²) < 4.78 is 9.66. The van der Waals surface area contributed by atoms with Crippen LogP contribution < -0.4 is 10.6 Å². The van der Waals surface area contributed by atoms with Crippen molar-refractivity contribution in [3.63, 3.8) is 0 Å². The third-order valence-electron chi connectivity index (χ3n) is 10.7. The minimum Gasteiger partial charge on any atom is -0.453 e. The molecule has 2 fully saturated rings. The van der Waals surface area contributed by atoms with Gasteiger partial charge in [-0.2, -0.15) is 0 Å². The largest absolute Gasteiger partial charge is 0.453 e. The lowest BCUT2D eigenvalue weighted by atomic mass is 10.0. The smallest absolute Gasteiger partial charge is 0.407 e. The van der Waals surface area contributed by atoms with Gasteiger partial charge in [-0.15, -0.1) is 0 Å². The van der Waals surface area contributed by atoms with Crippen molar-refractivity contribution in [3.8, 4) is 33.6 Å². The number of ether oxygens (including phenoxy) is 2. The number of H-pyrrole nitrogens is 2. The molecule has 0 bridgehead atoms. The molecule has 4 aromatic rings. The van der Waals surface area contributed by atoms with Crippen molar-refractivity contribution in [2.24, 2.45) is 11.8 Å². The maximum absolute atomic E-state index is 13.6. The summed E-state index contributed by atoms with van der Waals surface area (Å²) in [5, 5.41) is 25.2. The van der Waals surface area contributed by atoms with E-state index >= 15 is 0 Å². The zero-order chi connectivity index (χ0) is 39.2. The van der Waals surface area contributed by atoms with Gasteiger partial charge in [0, 0.05) is 32.7 Å². The molecule has 55 heavy (non-hydrogen) atoms. The number of amides is 3. The monoisotopic (exact) mass is 756 g/mol. The number of benzene rings is 2. The first-order valence-electron chi connectivity index (χ1n) is 18.9. The van der Waals surface area contributed by atoms with Crippen LogP contribution in [0.25, 0.3) is 33.6 Å². The first-order valence-corrected chi connectivity index (χ1v) is 18.9. The number of aliphatic hydroxyl groups excluding tert-OH is 2. The van der Waals surface area contributed by atoms with E-state index < -0.39 is 30.5 Å². The minimum absolute atomic E-state index is 0.108. The van der Waals surface area contributed by atoms with Gasteiger partial charge in [0.15, 0.2) is 0 Å². The van der Waals surface area contributed by atoms with Crippen LogP contribution in [0.1, 0.15) is 70.2 Å². The van der Waals surface area contributed by atoms with Crippen LogP contribution in [-0.4, -0.2) is 110 Å². The second kappa shape index (κ2) is 17.6. The number of methoxy groups -OCH3 is 2. The van der Waals surface area contributed by atoms with E-state index in [4.69, 9.17) is 9.47 Å². The third kappa shape index (κ3) is 8.75. The highest BCUT2D eigenvalue weighted by Crippen LogP contribution is 2.35. The molecule has 0 saturated carbocycles. The van der Waals surface area contributed by atoms with Crippen molar-refractivity contribution in [1.82, 2.24) is 40.4 Å². The Morgan fingerprint density at radius 3 is 1.65 bits per heavy atom. The summed E-state index contributed by atoms with van der Waals surface area (Å²) in [7, 11) is 2.62. The molecule has 15 heteroatoms. The van der Waals surface area contributed by atoms with Crippen molar-refractivity contribution < 1.29 is 34.1 Å². The van der Waals surface area contributed by atoms with Crippen molar-refractivity contribution >= 4 is 17.9 Å². The Hall–Kier alpha value is -5.09. The second-order valence-corrected chi connectivity index (χ2v) is 14.6. The molecule has 15 nitrogen and oxygen atoms in total. The number of aromatic amines is 2. The maximum Gasteiger partial charge on any atom is 0.407 e. The number of carbonyl (C=O) groups excluding carboxylic acids is 3. The molecule has 2 aliphatic rings. The quantitative estimate of drug-likeness (QED) is 0.101. The normalized spacial score (nSPS) is 19.3. The van der Waals surface area contributed by atoms with E-state index in [1.807, 2.05) is 38.1 Å². The van der Waals surface area contributed by atoms with Gasteiger partial charge in [0.2, 0.25) is 18.2 Å². The van der Waals surface area contributed by atoms with E-state index in [0.29, 0.717) is 18.9 Å². The Morgan fingerprint density at radius 2 is 1.24 bits per heavy atom. The van der Waals surface area contributed by atoms with Crippen LogP contribution >= 0.6 is 0 Å². The molecular formula is C40H52N8O7. The van der Waals surface area contributed by atoms with Crippen LogP contribution in [0.5, 0.6) is 0 Å². The van der Waals surface area contributed by atoms with Crippen molar-refractivity contribution in [1.29, 1.82) is 0 Å². The SMILES string of the molecule is COC(=O)N[C@H](C(=O)N1CCC[C@H]1c1ncc(-c2ccc(-c3ccc(-c4cnc([C@@H]5CCCN5C(=O)[C@@H](NC(O)OC)[C@@H](C)CO)[nH]4)cc3)cc2)[nH]1)C(C)C. The van der Waals surface area contributed by atoms with E-state index in [1.54, 1.807) is 29.1 Å². The van der Waals surface area contributed by atoms with Crippen molar-refractivity contribution in [2.45, 2.75) is 77.0 Å². The molecule has 2 aromatic carbocycles. The number of imidazole rings is 2. The average Bonchev–Trinajstić information content (AvgIpc) is 4.05. The summed E-state index contributed by atoms with van der Waals surface area (Å²) in [5.41, 5.74) is 5.70. The lowest BCUT2D eigenvalue weighted by Gasteiger charge is -2.31. The first kappa shape index (κ1) is 39.6. The Morgan fingerprint density at radius 1 is 0.782 bits per heavy atom. The van der Waals surface area contributed by atoms with Crippen LogP contribution in [-0.2, 0) is 19.1 Å². The molecule has 0 spiro atoms. The lowest BCUT2D eigenvalue weighted by Crippen LogP contribution is -2.54. The molecule has 4 heterocycles. The summed E-state index contributed by atoms with van der Waals surface area (Å²) in [5.74, 6) is 0.493. The van der Waals surface area contributed by atoms with Crippen LogP contribution in [0.2, 0.25) is 0 Å². The molecule has 0 aliphatic carbocycles. The molecule has 0 radical (unpaired) electrons. The third-order valence-corrected chi connectivity index (χ3v) is 10.7. The van der Waals surface area contributed by atoms with Crippen LogP contribution in [0.4, 0.5) is 4.79 Å². The summed E-state index contributed by atoms with van der Waals surface area (Å²) >= 11 is 0. The van der Waals surface area contributed by atoms with E-state index in [1.165, 1.54) is 14.2 Å². The van der Waals surface area contributed by atoms with E-state index in [-0.39, 0.29) is 36.4 Å². The first-order chi connectivity index (χ1) is 26.5. The second-order valence-electron chi connectivity index (χ2n) is 14.6. The fraction of sp³-hybridized carbons (Fsp3) is 0.475. The summed E-state index contributed by atoms with van der Waals surface area (Å²) in [6.07, 6.45) is 4.79. The Balaban J connectivity index is 1.11. The van der Waals surface area contributed by atoms with Gasteiger partial charge in [-0.25, -0.2) is 14.8 Å². The number of aliphatic hydroxyl groups is 2. The van der Waals surface area contributed by atoms with Crippen molar-refractivity contribution in [2.75, 3.05) is 33.9 Å². The molecule has 294 valence electrons. The minimum atomic E-state index is -1.33. The maximum atomic E-state index is 13.6. The lowest BCUT2D eigenvalue weighted by molar-refractivity contribution is -0.146. The summed E-state index contributed by atoms with van der Waals surface area (Å²) in [6, 6.07) is 14.4. The van der Waals surface area contributed by atoms with E-state index in [0.717, 1.165) is 65.1 Å². The molecule has 6 rings (SSSR count). The molecule has 6 atom stereocenters. The number of hydrogen-bond donors (Lipinski definition) is 6. The molecular weight excluding hydrogens is 704 g/mol. The van der Waals surface area contributed by atoms with Gasteiger partial charge in [0.05, 0.1) is 49.0 Å². The average molecular weight is 757 g/mol. The molecule has 1 unspecified atom stereocenters. The fourth-order valence-corrected chi connectivity index (χ4v) is 7.48. The van der Waals surface area contributed by atoms with Gasteiger partial charge < -0.3 is 44.8 Å². The van der Waals surface area contributed by atoms with Crippen LogP contribution in [0, 0.1) is 11.8 Å². The zero-order valence-electron chi connectivity index (χ0n) is 32.0. The highest BCUT2D eigenvalue weighted by Gasteiger charge is 2.39. The number of rotatable bonds is 14. The van der Waals surface area contributed by atoms with Gasteiger partial charge >= 0.3 is 6.09 Å². The summed E-state index contributed by atoms with van der Waals surface area (Å²) in [6.45, 7) is 6.45. The van der Waals surface area contributed by atoms with Gasteiger partial charge in [-0.3, -0.25) is 14.9 Å². The number of nitrogens with zero attached hydrogens (tertiary/aromatic N) is 4. The Labute approximate surface area is 320 Å². The Bertz CT molecular complexity index is 1910. The predicted octanol–water partition coefficient (Wildman–Crippen LogP) is 4.35. The van der Waals surface area contributed by atoms with Crippen LogP contribution in [0.15, 0.2) is 60.9 Å². The van der Waals surface area contributed by atoms with E-state index in [9.17, 15) is 24.6 Å². The number of carbonyl (C=O) groups is 3. The van der Waals surface area contributed by atoms with Gasteiger partial charge in [-0.1, -0.05) is 69.3 Å². The summed E-state index contributed by atoms with van der Waals surface area (Å²) in [4.78, 5) is 58.8. The standard InChI is InChI=1S/C40H52N8O7/c1-23(2)33(45-39(52)54-4)37(50)47-18-6-8-31(47)35-41-20-29(43-35)27-14-10-25(11-15-27)26-12-16-28(17-13-26)30-21-42-36(44-30)32-9-7-19-48(32)38(51)34(24(3)22-49)46-40(53)55-5/h10-17,20-21,23-24,31-34,40,46,49,53H,6-9,18-19,22H2,1-5H3,(H,41,43)(H,42,44)(H,45,52)/t24-,31-,32-,33-,34-,40?/m0/s1. The Kier molecular flexibility index (Phi) is 12.7. The molecule has 2 aliphatic heterocycles.